The predicted octanol–water partition coefficient (Wildman–Crippen LogP) is 4.46. The second kappa shape index (κ2) is 8.54. The molecule has 0 amide bonds. The number of rotatable bonds is 8. The first kappa shape index (κ1) is 14.5. The van der Waals surface area contributed by atoms with Crippen LogP contribution < -0.4 is 0 Å². The van der Waals surface area contributed by atoms with Gasteiger partial charge in [0.1, 0.15) is 0 Å². The smallest absolute Gasteiger partial charge is 0.0462 e. The maximum atomic E-state index is 9.38. The van der Waals surface area contributed by atoms with E-state index >= 15 is 0 Å². The Morgan fingerprint density at radius 3 is 2.71 bits per heavy atom. The van der Waals surface area contributed by atoms with Crippen LogP contribution in [0.5, 0.6) is 0 Å². The highest BCUT2D eigenvalue weighted by Gasteiger charge is 2.08. The Morgan fingerprint density at radius 2 is 2.06 bits per heavy atom. The molecule has 0 saturated carbocycles. The van der Waals surface area contributed by atoms with E-state index in [9.17, 15) is 5.11 Å². The normalized spacial score (nSPS) is 12.6. The van der Waals surface area contributed by atoms with Gasteiger partial charge in [-0.15, -0.1) is 0 Å². The highest BCUT2D eigenvalue weighted by Crippen LogP contribution is 2.18. The molecule has 1 N–H and O–H groups in total. The van der Waals surface area contributed by atoms with Gasteiger partial charge in [-0.05, 0) is 36.5 Å². The zero-order chi connectivity index (χ0) is 12.5. The lowest BCUT2D eigenvalue weighted by atomic mass is 9.94. The predicted molar refractivity (Wildman–Crippen MR) is 74.5 cm³/mol. The topological polar surface area (TPSA) is 20.2 Å². The van der Waals surface area contributed by atoms with Crippen molar-refractivity contribution in [2.24, 2.45) is 5.92 Å². The molecule has 1 atom stereocenters. The molecule has 0 radical (unpaired) electrons. The molecule has 1 rings (SSSR count). The Hall–Kier alpha value is -0.530. The molecule has 0 aromatic heterocycles. The van der Waals surface area contributed by atoms with Gasteiger partial charge in [-0.25, -0.2) is 0 Å². The first-order valence-corrected chi connectivity index (χ1v) is 6.99. The summed E-state index contributed by atoms with van der Waals surface area (Å²) in [5.41, 5.74) is 1.23. The number of hydrogen-bond acceptors (Lipinski definition) is 1. The lowest BCUT2D eigenvalue weighted by Crippen LogP contribution is -2.09. The number of unbranched alkanes of at least 4 members (excludes halogenated alkanes) is 3. The Morgan fingerprint density at radius 1 is 1.24 bits per heavy atom. The van der Waals surface area contributed by atoms with Crippen LogP contribution in [0.1, 0.15) is 44.6 Å². The first-order chi connectivity index (χ1) is 8.26. The van der Waals surface area contributed by atoms with Crippen molar-refractivity contribution < 1.29 is 5.11 Å². The number of benzene rings is 1. The Bertz CT molecular complexity index is 312. The molecule has 0 aliphatic rings. The molecule has 1 aromatic carbocycles. The van der Waals surface area contributed by atoms with Crippen LogP contribution in [0.4, 0.5) is 0 Å². The SMILES string of the molecule is CCCCCCC(CO)Cc1cccc(Cl)c1. The van der Waals surface area contributed by atoms with Gasteiger partial charge < -0.3 is 5.11 Å². The van der Waals surface area contributed by atoms with Crippen molar-refractivity contribution in [1.82, 2.24) is 0 Å². The van der Waals surface area contributed by atoms with Crippen LogP contribution in [0.25, 0.3) is 0 Å². The standard InChI is InChI=1S/C15H23ClO/c1-2-3-4-5-7-14(12-17)10-13-8-6-9-15(16)11-13/h6,8-9,11,14,17H,2-5,7,10,12H2,1H3. The van der Waals surface area contributed by atoms with E-state index in [2.05, 4.69) is 13.0 Å². The van der Waals surface area contributed by atoms with E-state index in [1.807, 2.05) is 18.2 Å². The maximum absolute atomic E-state index is 9.38. The third-order valence-corrected chi connectivity index (χ3v) is 3.37. The quantitative estimate of drug-likeness (QED) is 0.679. The van der Waals surface area contributed by atoms with E-state index in [0.717, 1.165) is 17.9 Å². The minimum atomic E-state index is 0.276. The van der Waals surface area contributed by atoms with Crippen LogP contribution in [0.3, 0.4) is 0 Å². The minimum absolute atomic E-state index is 0.276. The minimum Gasteiger partial charge on any atom is -0.396 e. The monoisotopic (exact) mass is 254 g/mol. The third-order valence-electron chi connectivity index (χ3n) is 3.14. The molecular weight excluding hydrogens is 232 g/mol. The average Bonchev–Trinajstić information content (AvgIpc) is 2.33. The molecule has 0 aliphatic heterocycles. The fraction of sp³-hybridized carbons (Fsp3) is 0.600. The summed E-state index contributed by atoms with van der Waals surface area (Å²) in [5.74, 6) is 0.380. The molecule has 0 fully saturated rings. The fourth-order valence-electron chi connectivity index (χ4n) is 2.11. The molecule has 0 spiro atoms. The average molecular weight is 255 g/mol. The van der Waals surface area contributed by atoms with Crippen molar-refractivity contribution in [3.05, 3.63) is 34.9 Å². The number of aliphatic hydroxyl groups is 1. The van der Waals surface area contributed by atoms with Gasteiger partial charge in [0.05, 0.1) is 0 Å². The summed E-state index contributed by atoms with van der Waals surface area (Å²) in [7, 11) is 0. The van der Waals surface area contributed by atoms with Gasteiger partial charge in [-0.3, -0.25) is 0 Å². The highest BCUT2D eigenvalue weighted by molar-refractivity contribution is 6.30. The van der Waals surface area contributed by atoms with Crippen molar-refractivity contribution in [1.29, 1.82) is 0 Å². The molecule has 0 bridgehead atoms. The zero-order valence-corrected chi connectivity index (χ0v) is 11.4. The lowest BCUT2D eigenvalue weighted by molar-refractivity contribution is 0.214. The van der Waals surface area contributed by atoms with Gasteiger partial charge >= 0.3 is 0 Å². The van der Waals surface area contributed by atoms with Crippen LogP contribution in [0, 0.1) is 5.92 Å². The van der Waals surface area contributed by atoms with Crippen molar-refractivity contribution >= 4 is 11.6 Å². The molecule has 0 heterocycles. The second-order valence-corrected chi connectivity index (χ2v) is 5.17. The Labute approximate surface area is 110 Å². The Balaban J connectivity index is 2.35. The number of hydrogen-bond donors (Lipinski definition) is 1. The Kier molecular flexibility index (Phi) is 7.30. The summed E-state index contributed by atoms with van der Waals surface area (Å²) < 4.78 is 0. The molecular formula is C15H23ClO. The zero-order valence-electron chi connectivity index (χ0n) is 10.7. The fourth-order valence-corrected chi connectivity index (χ4v) is 2.33. The maximum Gasteiger partial charge on any atom is 0.0462 e. The molecule has 0 saturated heterocycles. The molecule has 1 nitrogen and oxygen atoms in total. The van der Waals surface area contributed by atoms with Gasteiger partial charge in [0.2, 0.25) is 0 Å². The van der Waals surface area contributed by atoms with Gasteiger partial charge in [-0.1, -0.05) is 56.3 Å². The lowest BCUT2D eigenvalue weighted by Gasteiger charge is -2.14. The van der Waals surface area contributed by atoms with E-state index in [1.54, 1.807) is 0 Å². The number of aliphatic hydroxyl groups excluding tert-OH is 1. The largest absolute Gasteiger partial charge is 0.396 e. The van der Waals surface area contributed by atoms with Crippen LogP contribution >= 0.6 is 11.6 Å². The van der Waals surface area contributed by atoms with E-state index in [0.29, 0.717) is 5.92 Å². The van der Waals surface area contributed by atoms with Crippen molar-refractivity contribution in [3.8, 4) is 0 Å². The van der Waals surface area contributed by atoms with E-state index in [1.165, 1.54) is 31.2 Å². The second-order valence-electron chi connectivity index (χ2n) is 4.73. The molecule has 1 aromatic rings. The van der Waals surface area contributed by atoms with Gasteiger partial charge in [-0.2, -0.15) is 0 Å². The molecule has 17 heavy (non-hydrogen) atoms. The molecule has 2 heteroatoms. The van der Waals surface area contributed by atoms with Gasteiger partial charge in [0, 0.05) is 11.6 Å². The van der Waals surface area contributed by atoms with Crippen LogP contribution in [-0.4, -0.2) is 11.7 Å². The third kappa shape index (κ3) is 6.09. The van der Waals surface area contributed by atoms with E-state index in [4.69, 9.17) is 11.6 Å². The van der Waals surface area contributed by atoms with Crippen LogP contribution in [0.2, 0.25) is 5.02 Å². The molecule has 1 unspecified atom stereocenters. The van der Waals surface area contributed by atoms with E-state index in [-0.39, 0.29) is 6.61 Å². The van der Waals surface area contributed by atoms with Gasteiger partial charge in [0.25, 0.3) is 0 Å². The summed E-state index contributed by atoms with van der Waals surface area (Å²) >= 11 is 5.95. The summed E-state index contributed by atoms with van der Waals surface area (Å²) in [4.78, 5) is 0. The van der Waals surface area contributed by atoms with E-state index < -0.39 is 0 Å². The van der Waals surface area contributed by atoms with Crippen molar-refractivity contribution in [2.75, 3.05) is 6.61 Å². The molecule has 0 aliphatic carbocycles. The van der Waals surface area contributed by atoms with Gasteiger partial charge in [0.15, 0.2) is 0 Å². The number of halogens is 1. The van der Waals surface area contributed by atoms with Crippen molar-refractivity contribution in [2.45, 2.75) is 45.4 Å². The summed E-state index contributed by atoms with van der Waals surface area (Å²) in [5, 5.41) is 10.2. The van der Waals surface area contributed by atoms with Crippen LogP contribution in [-0.2, 0) is 6.42 Å². The highest BCUT2D eigenvalue weighted by atomic mass is 35.5. The summed E-state index contributed by atoms with van der Waals surface area (Å²) in [6, 6.07) is 7.94. The van der Waals surface area contributed by atoms with Crippen LogP contribution in [0.15, 0.2) is 24.3 Å². The van der Waals surface area contributed by atoms with Crippen molar-refractivity contribution in [3.63, 3.8) is 0 Å². The summed E-state index contributed by atoms with van der Waals surface area (Å²) in [6.45, 7) is 2.49. The summed E-state index contributed by atoms with van der Waals surface area (Å²) in [6.07, 6.45) is 7.11. The first-order valence-electron chi connectivity index (χ1n) is 6.61. The molecule has 96 valence electrons.